The molecule has 0 radical (unpaired) electrons. The molecule has 0 unspecified atom stereocenters. The Labute approximate surface area is 264 Å². The summed E-state index contributed by atoms with van der Waals surface area (Å²) >= 11 is 14.1. The Morgan fingerprint density at radius 2 is 1.73 bits per heavy atom. The summed E-state index contributed by atoms with van der Waals surface area (Å²) in [6, 6.07) is 15.8. The molecule has 5 aromatic rings. The highest BCUT2D eigenvalue weighted by Crippen LogP contribution is 2.44. The molecule has 9 nitrogen and oxygen atoms in total. The van der Waals surface area contributed by atoms with Gasteiger partial charge in [0.25, 0.3) is 0 Å². The van der Waals surface area contributed by atoms with Crippen LogP contribution in [0.25, 0.3) is 33.4 Å². The first-order valence-electron chi connectivity index (χ1n) is 14.5. The van der Waals surface area contributed by atoms with Gasteiger partial charge >= 0.3 is 0 Å². The largest absolute Gasteiger partial charge is 0.481 e. The first-order valence-corrected chi connectivity index (χ1v) is 15.3. The number of nitrogens with one attached hydrogen (secondary N) is 3. The van der Waals surface area contributed by atoms with E-state index in [2.05, 4.69) is 37.0 Å². The second kappa shape index (κ2) is 12.0. The SMILES string of the molecule is COc1nc(-c2cccc(-c3cccc(Nc4nccc5nccnc45)c3Cl)c2Cl)cc2c1[C@@H](NC[C@@H]1CCC(=O)N1)CC2. The van der Waals surface area contributed by atoms with Gasteiger partial charge < -0.3 is 20.7 Å². The summed E-state index contributed by atoms with van der Waals surface area (Å²) in [5.74, 6) is 1.26. The van der Waals surface area contributed by atoms with Crippen LogP contribution in [-0.4, -0.2) is 45.5 Å². The lowest BCUT2D eigenvalue weighted by Crippen LogP contribution is -2.36. The molecular weight excluding hydrogens is 597 g/mol. The van der Waals surface area contributed by atoms with E-state index in [0.29, 0.717) is 45.9 Å². The van der Waals surface area contributed by atoms with E-state index in [0.717, 1.165) is 52.7 Å². The second-order valence-electron chi connectivity index (χ2n) is 10.9. The van der Waals surface area contributed by atoms with Crippen molar-refractivity contribution in [3.8, 4) is 28.3 Å². The summed E-state index contributed by atoms with van der Waals surface area (Å²) < 4.78 is 5.81. The number of ether oxygens (including phenoxy) is 1. The molecule has 4 heterocycles. The van der Waals surface area contributed by atoms with Gasteiger partial charge in [-0.3, -0.25) is 9.78 Å². The van der Waals surface area contributed by atoms with E-state index in [-0.39, 0.29) is 18.0 Å². The standard InChI is InChI=1S/C33H29Cl2N7O2/c1-44-33-28-18(8-10-23(28)39-17-19-9-11-27(43)40-19)16-26(42-33)22-6-2-4-20(29(22)34)21-5-3-7-24(30(21)35)41-32-31-25(12-13-38-32)36-14-15-37-31/h2-7,12-16,19,23,39H,8-11,17H2,1H3,(H,38,41)(H,40,43)/t19-,23-/m0/s1. The monoisotopic (exact) mass is 625 g/mol. The number of benzene rings is 2. The summed E-state index contributed by atoms with van der Waals surface area (Å²) in [6.07, 6.45) is 8.22. The molecule has 0 bridgehead atoms. The summed E-state index contributed by atoms with van der Waals surface area (Å²) in [6.45, 7) is 0.716. The van der Waals surface area contributed by atoms with Crippen LogP contribution >= 0.6 is 23.2 Å². The highest BCUT2D eigenvalue weighted by molar-refractivity contribution is 6.39. The maximum atomic E-state index is 11.6. The van der Waals surface area contributed by atoms with Gasteiger partial charge in [0.1, 0.15) is 5.52 Å². The summed E-state index contributed by atoms with van der Waals surface area (Å²) in [7, 11) is 1.64. The average molecular weight is 627 g/mol. The molecule has 3 aromatic heterocycles. The summed E-state index contributed by atoms with van der Waals surface area (Å²) in [4.78, 5) is 29.8. The maximum Gasteiger partial charge on any atom is 0.220 e. The van der Waals surface area contributed by atoms with E-state index in [1.54, 1.807) is 25.7 Å². The zero-order chi connectivity index (χ0) is 30.2. The van der Waals surface area contributed by atoms with Crippen molar-refractivity contribution in [2.24, 2.45) is 0 Å². The van der Waals surface area contributed by atoms with Crippen LogP contribution < -0.4 is 20.7 Å². The molecule has 7 rings (SSSR count). The maximum absolute atomic E-state index is 11.6. The molecule has 2 atom stereocenters. The fraction of sp³-hybridized carbons (Fsp3) is 0.242. The first-order chi connectivity index (χ1) is 21.5. The first kappa shape index (κ1) is 28.5. The van der Waals surface area contributed by atoms with Crippen molar-refractivity contribution in [3.05, 3.63) is 88.3 Å². The molecule has 1 aliphatic carbocycles. The minimum absolute atomic E-state index is 0.108. The minimum atomic E-state index is 0.108. The molecule has 0 saturated carbocycles. The Morgan fingerprint density at radius 1 is 0.932 bits per heavy atom. The van der Waals surface area contributed by atoms with Gasteiger partial charge in [-0.05, 0) is 43.0 Å². The molecule has 1 aliphatic heterocycles. The number of methoxy groups -OCH3 is 1. The van der Waals surface area contributed by atoms with Crippen LogP contribution in [0.4, 0.5) is 11.5 Å². The topological polar surface area (TPSA) is 114 Å². The molecule has 2 aliphatic rings. The number of carbonyl (C=O) groups is 1. The van der Waals surface area contributed by atoms with E-state index in [9.17, 15) is 4.79 Å². The fourth-order valence-corrected chi connectivity index (χ4v) is 6.71. The van der Waals surface area contributed by atoms with Crippen molar-refractivity contribution in [2.75, 3.05) is 19.0 Å². The Kier molecular flexibility index (Phi) is 7.76. The van der Waals surface area contributed by atoms with Gasteiger partial charge in [0.2, 0.25) is 11.8 Å². The van der Waals surface area contributed by atoms with Crippen molar-refractivity contribution in [1.29, 1.82) is 0 Å². The van der Waals surface area contributed by atoms with E-state index in [1.807, 2.05) is 42.5 Å². The van der Waals surface area contributed by atoms with Gasteiger partial charge in [0.05, 0.1) is 34.1 Å². The predicted molar refractivity (Wildman–Crippen MR) is 173 cm³/mol. The predicted octanol–water partition coefficient (Wildman–Crippen LogP) is 6.67. The van der Waals surface area contributed by atoms with Crippen LogP contribution in [0.1, 0.15) is 36.4 Å². The second-order valence-corrected chi connectivity index (χ2v) is 11.7. The van der Waals surface area contributed by atoms with Crippen molar-refractivity contribution in [1.82, 2.24) is 30.6 Å². The van der Waals surface area contributed by atoms with Gasteiger partial charge in [0.15, 0.2) is 5.82 Å². The van der Waals surface area contributed by atoms with Crippen molar-refractivity contribution in [3.63, 3.8) is 0 Å². The lowest BCUT2D eigenvalue weighted by molar-refractivity contribution is -0.119. The number of nitrogens with zero attached hydrogens (tertiary/aromatic N) is 4. The van der Waals surface area contributed by atoms with Crippen LogP contribution in [0.15, 0.2) is 67.1 Å². The van der Waals surface area contributed by atoms with Crippen LogP contribution in [0, 0.1) is 0 Å². The molecule has 3 N–H and O–H groups in total. The van der Waals surface area contributed by atoms with Crippen LogP contribution in [0.5, 0.6) is 5.88 Å². The molecule has 2 aromatic carbocycles. The number of amides is 1. The number of hydrogen-bond donors (Lipinski definition) is 3. The van der Waals surface area contributed by atoms with E-state index in [4.69, 9.17) is 32.9 Å². The van der Waals surface area contributed by atoms with Gasteiger partial charge in [-0.25, -0.2) is 15.0 Å². The molecule has 222 valence electrons. The number of hydrogen-bond acceptors (Lipinski definition) is 8. The van der Waals surface area contributed by atoms with Crippen molar-refractivity contribution in [2.45, 2.75) is 37.8 Å². The number of pyridine rings is 2. The molecular formula is C33H29Cl2N7O2. The average Bonchev–Trinajstić information content (AvgIpc) is 3.66. The molecule has 1 saturated heterocycles. The van der Waals surface area contributed by atoms with Crippen LogP contribution in [0.3, 0.4) is 0 Å². The van der Waals surface area contributed by atoms with Gasteiger partial charge in [-0.2, -0.15) is 0 Å². The fourth-order valence-electron chi connectivity index (χ4n) is 6.11. The van der Waals surface area contributed by atoms with E-state index >= 15 is 0 Å². The third kappa shape index (κ3) is 5.32. The normalized spacial score (nSPS) is 17.5. The zero-order valence-electron chi connectivity index (χ0n) is 23.9. The lowest BCUT2D eigenvalue weighted by atomic mass is 9.99. The third-order valence-corrected chi connectivity index (χ3v) is 9.07. The lowest BCUT2D eigenvalue weighted by Gasteiger charge is -2.20. The van der Waals surface area contributed by atoms with Crippen molar-refractivity contribution < 1.29 is 9.53 Å². The third-order valence-electron chi connectivity index (χ3n) is 8.25. The van der Waals surface area contributed by atoms with E-state index < -0.39 is 0 Å². The number of halogens is 2. The molecule has 1 fully saturated rings. The van der Waals surface area contributed by atoms with E-state index in [1.165, 1.54) is 5.56 Å². The number of rotatable bonds is 8. The highest BCUT2D eigenvalue weighted by Gasteiger charge is 2.30. The smallest absolute Gasteiger partial charge is 0.220 e. The molecule has 0 spiro atoms. The molecule has 44 heavy (non-hydrogen) atoms. The number of aromatic nitrogens is 4. The Bertz CT molecular complexity index is 1900. The van der Waals surface area contributed by atoms with Crippen molar-refractivity contribution >= 4 is 51.6 Å². The van der Waals surface area contributed by atoms with Gasteiger partial charge in [-0.15, -0.1) is 0 Å². The Hall–Kier alpha value is -4.31. The van der Waals surface area contributed by atoms with Crippen LogP contribution in [-0.2, 0) is 11.2 Å². The minimum Gasteiger partial charge on any atom is -0.481 e. The zero-order valence-corrected chi connectivity index (χ0v) is 25.4. The number of aryl methyl sites for hydroxylation is 1. The number of anilines is 2. The summed E-state index contributed by atoms with van der Waals surface area (Å²) in [5.41, 5.74) is 7.37. The van der Waals surface area contributed by atoms with Gasteiger partial charge in [0, 0.05) is 65.9 Å². The highest BCUT2D eigenvalue weighted by atomic mass is 35.5. The quantitative estimate of drug-likeness (QED) is 0.175. The summed E-state index contributed by atoms with van der Waals surface area (Å²) in [5, 5.41) is 11.0. The Balaban J connectivity index is 1.19. The molecule has 11 heteroatoms. The Morgan fingerprint density at radius 3 is 2.55 bits per heavy atom. The number of fused-ring (bicyclic) bond motifs is 2. The van der Waals surface area contributed by atoms with Gasteiger partial charge in [-0.1, -0.05) is 53.5 Å². The number of carbonyl (C=O) groups excluding carboxylic acids is 1. The van der Waals surface area contributed by atoms with Crippen LogP contribution in [0.2, 0.25) is 10.0 Å². The molecule has 1 amide bonds.